The Balaban J connectivity index is 0. The van der Waals surface area contributed by atoms with Crippen molar-refractivity contribution in [3.63, 3.8) is 0 Å². The summed E-state index contributed by atoms with van der Waals surface area (Å²) >= 11 is 7.16. The minimum Gasteiger partial charge on any atom is -1.00 e. The van der Waals surface area contributed by atoms with Gasteiger partial charge in [-0.3, -0.25) is 0 Å². The predicted molar refractivity (Wildman–Crippen MR) is 92.3 cm³/mol. The third-order valence-electron chi connectivity index (χ3n) is 2.55. The Labute approximate surface area is 157 Å². The van der Waals surface area contributed by atoms with E-state index in [0.29, 0.717) is 0 Å². The summed E-state index contributed by atoms with van der Waals surface area (Å²) in [5.74, 6) is 0. The Bertz CT molecular complexity index is 512. The first kappa shape index (κ1) is 17.0. The molecule has 0 spiro atoms. The summed E-state index contributed by atoms with van der Waals surface area (Å²) in [4.78, 5) is 3.32. The molecule has 2 rings (SSSR count). The van der Waals surface area contributed by atoms with Gasteiger partial charge in [0.1, 0.15) is 4.32 Å². The Hall–Kier alpha value is -0.0603. The smallest absolute Gasteiger partial charge is 1.00 e. The van der Waals surface area contributed by atoms with E-state index in [2.05, 4.69) is 36.1 Å². The van der Waals surface area contributed by atoms with Crippen molar-refractivity contribution in [3.05, 3.63) is 60.7 Å². The van der Waals surface area contributed by atoms with Gasteiger partial charge in [-0.25, -0.2) is 0 Å². The van der Waals surface area contributed by atoms with Crippen LogP contribution in [0.4, 0.5) is 5.69 Å². The van der Waals surface area contributed by atoms with E-state index in [4.69, 9.17) is 12.2 Å². The van der Waals surface area contributed by atoms with Gasteiger partial charge in [-0.05, 0) is 31.2 Å². The maximum Gasteiger partial charge on any atom is 2.00 e. The second-order valence-electron chi connectivity index (χ2n) is 3.76. The van der Waals surface area contributed by atoms with E-state index in [9.17, 15) is 0 Å². The van der Waals surface area contributed by atoms with Gasteiger partial charge in [0, 0.05) is 17.1 Å². The Morgan fingerprint density at radius 1 is 1.05 bits per heavy atom. The van der Waals surface area contributed by atoms with Crippen LogP contribution >= 0.6 is 24.0 Å². The predicted octanol–water partition coefficient (Wildman–Crippen LogP) is 4.43. The van der Waals surface area contributed by atoms with Gasteiger partial charge in [-0.2, -0.15) is 0 Å². The average Bonchev–Trinajstić information content (AvgIpc) is 2.42. The van der Waals surface area contributed by atoms with Gasteiger partial charge in [-0.15, -0.1) is 0 Å². The molecule has 0 amide bonds. The monoisotopic (exact) mass is 315 g/mol. The molecule has 0 N–H and O–H groups in total. The molecule has 0 unspecified atom stereocenters. The molecule has 0 saturated heterocycles. The van der Waals surface area contributed by atoms with E-state index in [-0.39, 0.29) is 40.6 Å². The summed E-state index contributed by atoms with van der Waals surface area (Å²) in [6.45, 7) is 2.99. The fraction of sp³-hybridized carbons (Fsp3) is 0.133. The minimum atomic E-state index is 0. The Morgan fingerprint density at radius 3 is 2.11 bits per heavy atom. The van der Waals surface area contributed by atoms with Crippen LogP contribution in [0.5, 0.6) is 0 Å². The molecule has 1 nitrogen and oxygen atoms in total. The van der Waals surface area contributed by atoms with Crippen LogP contribution < -0.4 is 4.90 Å². The molecule has 0 aromatic heterocycles. The molecule has 96 valence electrons. The molecule has 0 aliphatic carbocycles. The van der Waals surface area contributed by atoms with Crippen molar-refractivity contribution in [2.24, 2.45) is 0 Å². The van der Waals surface area contributed by atoms with Crippen LogP contribution in [0, 0.1) is 0 Å². The molecule has 2 aromatic rings. The van der Waals surface area contributed by atoms with E-state index in [1.807, 2.05) is 36.4 Å². The van der Waals surface area contributed by atoms with Crippen molar-refractivity contribution in [2.45, 2.75) is 11.8 Å². The molecule has 0 heterocycles. The van der Waals surface area contributed by atoms with Crippen molar-refractivity contribution >= 4 is 71.7 Å². The summed E-state index contributed by atoms with van der Waals surface area (Å²) in [6.07, 6.45) is 0. The number of rotatable bonds is 3. The van der Waals surface area contributed by atoms with Crippen molar-refractivity contribution in [1.82, 2.24) is 0 Å². The quantitative estimate of drug-likeness (QED) is 0.468. The van der Waals surface area contributed by atoms with Crippen LogP contribution in [-0.4, -0.2) is 48.6 Å². The summed E-state index contributed by atoms with van der Waals surface area (Å²) in [6, 6.07) is 20.5. The first-order valence-corrected chi connectivity index (χ1v) is 7.13. The maximum atomic E-state index is 5.53. The second-order valence-corrected chi connectivity index (χ2v) is 5.47. The fourth-order valence-electron chi connectivity index (χ4n) is 1.67. The zero-order valence-corrected chi connectivity index (χ0v) is 14.8. The first-order chi connectivity index (χ1) is 8.81. The summed E-state index contributed by atoms with van der Waals surface area (Å²) in [5.41, 5.74) is 1.15. The number of anilines is 1. The van der Waals surface area contributed by atoms with Crippen LogP contribution in [0.1, 0.15) is 9.78 Å². The summed E-state index contributed by atoms with van der Waals surface area (Å²) in [5, 5.41) is 0. The van der Waals surface area contributed by atoms with Gasteiger partial charge in [0.2, 0.25) is 0 Å². The molecule has 0 fully saturated rings. The van der Waals surface area contributed by atoms with Crippen LogP contribution in [0.3, 0.4) is 0 Å². The number of nitrogens with zero attached hydrogens (tertiary/aromatic N) is 1. The molecule has 0 saturated carbocycles. The average molecular weight is 316 g/mol. The fourth-order valence-corrected chi connectivity index (χ4v) is 3.03. The SMILES string of the molecule is CCN(C(=S)Sc1ccccc1)c1ccccc1.[Ca+2].[H-].[H-]. The van der Waals surface area contributed by atoms with Gasteiger partial charge in [0.15, 0.2) is 0 Å². The van der Waals surface area contributed by atoms with Crippen LogP contribution in [0.25, 0.3) is 0 Å². The molecule has 2 aromatic carbocycles. The molecule has 0 bridgehead atoms. The number of hydrogen-bond acceptors (Lipinski definition) is 2. The van der Waals surface area contributed by atoms with Crippen LogP contribution in [0.15, 0.2) is 65.6 Å². The second kappa shape index (κ2) is 8.98. The number of thiocarbonyl (C=S) groups is 1. The number of hydrogen-bond donors (Lipinski definition) is 0. The summed E-state index contributed by atoms with van der Waals surface area (Å²) < 4.78 is 0.884. The van der Waals surface area contributed by atoms with Crippen molar-refractivity contribution in [3.8, 4) is 0 Å². The zero-order valence-electron chi connectivity index (χ0n) is 13.0. The van der Waals surface area contributed by atoms with Gasteiger partial charge >= 0.3 is 37.7 Å². The topological polar surface area (TPSA) is 3.24 Å². The molecule has 0 aliphatic heterocycles. The standard InChI is InChI=1S/C15H15NS2.Ca.2H/c1-2-16(13-9-5-3-6-10-13)15(17)18-14-11-7-4-8-12-14;;;/h3-12H,2H2,1H3;;;/q;+2;2*-1. The molecular weight excluding hydrogens is 298 g/mol. The largest absolute Gasteiger partial charge is 2.00 e. The van der Waals surface area contributed by atoms with E-state index < -0.39 is 0 Å². The number of benzene rings is 2. The van der Waals surface area contributed by atoms with E-state index in [0.717, 1.165) is 16.6 Å². The van der Waals surface area contributed by atoms with E-state index in [1.54, 1.807) is 11.8 Å². The number of thioether (sulfide) groups is 1. The molecule has 0 atom stereocenters. The Kier molecular flexibility index (Phi) is 8.03. The van der Waals surface area contributed by atoms with E-state index in [1.165, 1.54) is 4.90 Å². The van der Waals surface area contributed by atoms with Crippen molar-refractivity contribution in [2.75, 3.05) is 11.4 Å². The molecule has 19 heavy (non-hydrogen) atoms. The normalized spacial score (nSPS) is 9.53. The molecule has 0 aliphatic rings. The molecule has 0 radical (unpaired) electrons. The zero-order chi connectivity index (χ0) is 12.8. The minimum absolute atomic E-state index is 0. The van der Waals surface area contributed by atoms with Crippen LogP contribution in [0.2, 0.25) is 0 Å². The van der Waals surface area contributed by atoms with Crippen molar-refractivity contribution < 1.29 is 2.85 Å². The van der Waals surface area contributed by atoms with Gasteiger partial charge in [0.25, 0.3) is 0 Å². The first-order valence-electron chi connectivity index (χ1n) is 5.90. The van der Waals surface area contributed by atoms with E-state index >= 15 is 0 Å². The molecule has 4 heteroatoms. The van der Waals surface area contributed by atoms with Gasteiger partial charge in [-0.1, -0.05) is 60.4 Å². The molecular formula is C15H17CaNS2. The third kappa shape index (κ3) is 5.08. The third-order valence-corrected chi connectivity index (χ3v) is 3.93. The Morgan fingerprint density at radius 2 is 1.58 bits per heavy atom. The summed E-state index contributed by atoms with van der Waals surface area (Å²) in [7, 11) is 0. The van der Waals surface area contributed by atoms with Gasteiger partial charge < -0.3 is 7.75 Å². The van der Waals surface area contributed by atoms with Gasteiger partial charge in [0.05, 0.1) is 0 Å². The van der Waals surface area contributed by atoms with Crippen molar-refractivity contribution in [1.29, 1.82) is 0 Å². The number of para-hydroxylation sites is 1. The van der Waals surface area contributed by atoms with Crippen LogP contribution in [-0.2, 0) is 0 Å². The maximum absolute atomic E-state index is 5.53.